The van der Waals surface area contributed by atoms with Crippen LogP contribution in [0.15, 0.2) is 24.3 Å². The van der Waals surface area contributed by atoms with Gasteiger partial charge in [0.05, 0.1) is 25.8 Å². The summed E-state index contributed by atoms with van der Waals surface area (Å²) >= 11 is 0. The molecule has 0 bridgehead atoms. The number of aromatic nitrogens is 2. The third-order valence-electron chi connectivity index (χ3n) is 7.07. The summed E-state index contributed by atoms with van der Waals surface area (Å²) in [4.78, 5) is 29.7. The molecule has 2 aliphatic rings. The SMILES string of the molecule is COc1ccc(CC(=O)N2CCc3nc(N4CCC(C)CC4)nc(N(C)C(C)C)c3C2)cc1. The number of methoxy groups -OCH3 is 1. The maximum Gasteiger partial charge on any atom is 0.227 e. The van der Waals surface area contributed by atoms with E-state index < -0.39 is 0 Å². The molecule has 0 aliphatic carbocycles. The third-order valence-corrected chi connectivity index (χ3v) is 7.07. The number of nitrogens with zero attached hydrogens (tertiary/aromatic N) is 5. The summed E-state index contributed by atoms with van der Waals surface area (Å²) in [6.07, 6.45) is 3.52. The maximum atomic E-state index is 13.1. The minimum atomic E-state index is 0.137. The highest BCUT2D eigenvalue weighted by Gasteiger charge is 2.29. The fourth-order valence-electron chi connectivity index (χ4n) is 4.51. The van der Waals surface area contributed by atoms with Crippen molar-refractivity contribution < 1.29 is 9.53 Å². The van der Waals surface area contributed by atoms with Gasteiger partial charge in [0.15, 0.2) is 0 Å². The second-order valence-corrected chi connectivity index (χ2v) is 9.74. The standard InChI is InChI=1S/C26H37N5O2/c1-18(2)29(4)25-22-17-31(24(32)16-20-6-8-21(33-5)9-7-20)15-12-23(22)27-26(28-25)30-13-10-19(3)11-14-30/h6-9,18-19H,10-17H2,1-5H3. The monoisotopic (exact) mass is 451 g/mol. The molecule has 33 heavy (non-hydrogen) atoms. The first kappa shape index (κ1) is 23.3. The maximum absolute atomic E-state index is 13.1. The summed E-state index contributed by atoms with van der Waals surface area (Å²) in [5.74, 6) is 3.52. The number of benzene rings is 1. The van der Waals surface area contributed by atoms with Crippen molar-refractivity contribution in [3.63, 3.8) is 0 Å². The van der Waals surface area contributed by atoms with Gasteiger partial charge in [0.25, 0.3) is 0 Å². The van der Waals surface area contributed by atoms with Gasteiger partial charge in [0, 0.05) is 44.7 Å². The number of rotatable bonds is 6. The quantitative estimate of drug-likeness (QED) is 0.668. The highest BCUT2D eigenvalue weighted by atomic mass is 16.5. The van der Waals surface area contributed by atoms with E-state index in [0.717, 1.165) is 59.8 Å². The smallest absolute Gasteiger partial charge is 0.227 e. The van der Waals surface area contributed by atoms with Crippen LogP contribution in [-0.4, -0.2) is 60.6 Å². The first-order valence-electron chi connectivity index (χ1n) is 12.1. The number of fused-ring (bicyclic) bond motifs is 1. The Hall–Kier alpha value is -2.83. The van der Waals surface area contributed by atoms with E-state index in [0.29, 0.717) is 25.6 Å². The van der Waals surface area contributed by atoms with Crippen molar-refractivity contribution in [3.05, 3.63) is 41.1 Å². The summed E-state index contributed by atoms with van der Waals surface area (Å²) in [5.41, 5.74) is 3.18. The number of piperidine rings is 1. The van der Waals surface area contributed by atoms with Crippen LogP contribution in [-0.2, 0) is 24.2 Å². The Labute approximate surface area is 197 Å². The van der Waals surface area contributed by atoms with Crippen LogP contribution in [0, 0.1) is 5.92 Å². The van der Waals surface area contributed by atoms with Crippen LogP contribution in [0.2, 0.25) is 0 Å². The molecule has 0 atom stereocenters. The predicted molar refractivity (Wildman–Crippen MR) is 132 cm³/mol. The molecule has 4 rings (SSSR count). The molecule has 7 heteroatoms. The Morgan fingerprint density at radius 2 is 1.85 bits per heavy atom. The van der Waals surface area contributed by atoms with E-state index in [1.807, 2.05) is 29.2 Å². The van der Waals surface area contributed by atoms with Crippen molar-refractivity contribution in [3.8, 4) is 5.75 Å². The molecular weight excluding hydrogens is 414 g/mol. The summed E-state index contributed by atoms with van der Waals surface area (Å²) in [6.45, 7) is 9.95. The Balaban J connectivity index is 1.56. The van der Waals surface area contributed by atoms with E-state index >= 15 is 0 Å². The summed E-state index contributed by atoms with van der Waals surface area (Å²) < 4.78 is 5.23. The van der Waals surface area contributed by atoms with Crippen LogP contribution in [0.4, 0.5) is 11.8 Å². The van der Waals surface area contributed by atoms with E-state index in [1.165, 1.54) is 12.8 Å². The molecule has 0 unspecified atom stereocenters. The second-order valence-electron chi connectivity index (χ2n) is 9.74. The van der Waals surface area contributed by atoms with Gasteiger partial charge >= 0.3 is 0 Å². The molecule has 2 aromatic rings. The van der Waals surface area contributed by atoms with Gasteiger partial charge < -0.3 is 19.4 Å². The topological polar surface area (TPSA) is 61.8 Å². The number of hydrogen-bond acceptors (Lipinski definition) is 6. The lowest BCUT2D eigenvalue weighted by Gasteiger charge is -2.35. The molecule has 0 saturated carbocycles. The number of carbonyl (C=O) groups excluding carboxylic acids is 1. The largest absolute Gasteiger partial charge is 0.497 e. The highest BCUT2D eigenvalue weighted by Crippen LogP contribution is 2.31. The molecule has 1 saturated heterocycles. The van der Waals surface area contributed by atoms with Crippen molar-refractivity contribution in [1.29, 1.82) is 0 Å². The van der Waals surface area contributed by atoms with Crippen molar-refractivity contribution in [2.45, 2.75) is 59.0 Å². The van der Waals surface area contributed by atoms with E-state index in [2.05, 4.69) is 37.6 Å². The van der Waals surface area contributed by atoms with Gasteiger partial charge in [-0.15, -0.1) is 0 Å². The fourth-order valence-corrected chi connectivity index (χ4v) is 4.51. The molecule has 1 fully saturated rings. The highest BCUT2D eigenvalue weighted by molar-refractivity contribution is 5.79. The summed E-state index contributed by atoms with van der Waals surface area (Å²) in [7, 11) is 3.74. The molecule has 178 valence electrons. The lowest BCUT2D eigenvalue weighted by Crippen LogP contribution is -2.40. The number of anilines is 2. The van der Waals surface area contributed by atoms with E-state index in [-0.39, 0.29) is 5.91 Å². The molecule has 0 spiro atoms. The number of ether oxygens (including phenoxy) is 1. The predicted octanol–water partition coefficient (Wildman–Crippen LogP) is 3.69. The van der Waals surface area contributed by atoms with Gasteiger partial charge in [-0.25, -0.2) is 4.98 Å². The number of amides is 1. The minimum Gasteiger partial charge on any atom is -0.497 e. The van der Waals surface area contributed by atoms with Crippen LogP contribution in [0.1, 0.15) is 50.4 Å². The molecule has 0 radical (unpaired) electrons. The summed E-state index contributed by atoms with van der Waals surface area (Å²) in [6, 6.07) is 8.04. The fraction of sp³-hybridized carbons (Fsp3) is 0.577. The zero-order valence-corrected chi connectivity index (χ0v) is 20.7. The zero-order valence-electron chi connectivity index (χ0n) is 20.7. The molecule has 3 heterocycles. The molecule has 1 aromatic carbocycles. The Morgan fingerprint density at radius 3 is 2.48 bits per heavy atom. The van der Waals surface area contributed by atoms with Crippen molar-refractivity contribution in [2.75, 3.05) is 43.6 Å². The van der Waals surface area contributed by atoms with Crippen molar-refractivity contribution >= 4 is 17.7 Å². The Kier molecular flexibility index (Phi) is 7.05. The average Bonchev–Trinajstić information content (AvgIpc) is 2.83. The second kappa shape index (κ2) is 9.98. The van der Waals surface area contributed by atoms with E-state index in [4.69, 9.17) is 14.7 Å². The minimum absolute atomic E-state index is 0.137. The normalized spacial score (nSPS) is 16.7. The molecule has 1 amide bonds. The molecule has 0 N–H and O–H groups in total. The average molecular weight is 452 g/mol. The van der Waals surface area contributed by atoms with Gasteiger partial charge in [0.2, 0.25) is 11.9 Å². The number of carbonyl (C=O) groups is 1. The van der Waals surface area contributed by atoms with E-state index in [1.54, 1.807) is 7.11 Å². The summed E-state index contributed by atoms with van der Waals surface area (Å²) in [5, 5.41) is 0. The Bertz CT molecular complexity index is 967. The molecule has 7 nitrogen and oxygen atoms in total. The lowest BCUT2D eigenvalue weighted by molar-refractivity contribution is -0.131. The number of hydrogen-bond donors (Lipinski definition) is 0. The van der Waals surface area contributed by atoms with Crippen LogP contribution in [0.25, 0.3) is 0 Å². The molecule has 1 aromatic heterocycles. The van der Waals surface area contributed by atoms with Crippen molar-refractivity contribution in [1.82, 2.24) is 14.9 Å². The van der Waals surface area contributed by atoms with Gasteiger partial charge in [-0.05, 0) is 50.3 Å². The van der Waals surface area contributed by atoms with Gasteiger partial charge in [-0.3, -0.25) is 4.79 Å². The van der Waals surface area contributed by atoms with Crippen LogP contribution >= 0.6 is 0 Å². The van der Waals surface area contributed by atoms with Crippen LogP contribution in [0.3, 0.4) is 0 Å². The first-order valence-corrected chi connectivity index (χ1v) is 12.1. The van der Waals surface area contributed by atoms with Gasteiger partial charge in [-0.2, -0.15) is 4.98 Å². The van der Waals surface area contributed by atoms with Gasteiger partial charge in [0.1, 0.15) is 11.6 Å². The van der Waals surface area contributed by atoms with Crippen molar-refractivity contribution in [2.24, 2.45) is 5.92 Å². The zero-order chi connectivity index (χ0) is 23.5. The van der Waals surface area contributed by atoms with Gasteiger partial charge in [-0.1, -0.05) is 19.1 Å². The molecular formula is C26H37N5O2. The van der Waals surface area contributed by atoms with Crippen LogP contribution in [0.5, 0.6) is 5.75 Å². The lowest BCUT2D eigenvalue weighted by atomic mass is 9.99. The van der Waals surface area contributed by atoms with E-state index in [9.17, 15) is 4.79 Å². The Morgan fingerprint density at radius 1 is 1.15 bits per heavy atom. The molecule has 2 aliphatic heterocycles. The van der Waals surface area contributed by atoms with Crippen LogP contribution < -0.4 is 14.5 Å². The third kappa shape index (κ3) is 5.23. The first-order chi connectivity index (χ1) is 15.9.